The van der Waals surface area contributed by atoms with Crippen molar-refractivity contribution < 1.29 is 80.9 Å². The maximum atomic E-state index is 12.4. The van der Waals surface area contributed by atoms with Crippen molar-refractivity contribution in [2.75, 3.05) is 13.2 Å². The Morgan fingerprint density at radius 3 is 1.40 bits per heavy atom. The Kier molecular flexibility index (Phi) is 15.3. The molecule has 0 spiro atoms. The van der Waals surface area contributed by atoms with Gasteiger partial charge in [-0.05, 0) is 12.2 Å². The topological polar surface area (TPSA) is 262 Å². The Morgan fingerprint density at radius 1 is 0.562 bits per heavy atom. The summed E-state index contributed by atoms with van der Waals surface area (Å²) >= 11 is 5.06. The van der Waals surface area contributed by atoms with E-state index in [-0.39, 0.29) is 5.11 Å². The lowest BCUT2D eigenvalue weighted by Crippen LogP contribution is -2.69. The van der Waals surface area contributed by atoms with Crippen LogP contribution < -0.4 is 16.6 Å². The maximum absolute atomic E-state index is 12.4. The molecule has 0 bridgehead atoms. The van der Waals surface area contributed by atoms with Crippen molar-refractivity contribution in [3.63, 3.8) is 0 Å². The minimum Gasteiger partial charge on any atom is -0.463 e. The van der Waals surface area contributed by atoms with Crippen LogP contribution in [0.2, 0.25) is 0 Å². The van der Waals surface area contributed by atoms with E-state index in [0.717, 1.165) is 48.5 Å². The molecule has 0 saturated carbocycles. The smallest absolute Gasteiger partial charge is 0.303 e. The summed E-state index contributed by atoms with van der Waals surface area (Å²) in [5, 5.41) is 2.45. The van der Waals surface area contributed by atoms with Gasteiger partial charge in [0, 0.05) is 48.5 Å². The monoisotopic (exact) mass is 709 g/mol. The lowest BCUT2D eigenvalue weighted by molar-refractivity contribution is -0.345. The summed E-state index contributed by atoms with van der Waals surface area (Å²) in [6.07, 6.45) is -15.5. The molecule has 0 unspecified atom stereocenters. The molecule has 0 aromatic rings. The molecular weight excluding hydrogens is 670 g/mol. The van der Waals surface area contributed by atoms with Gasteiger partial charge in [-0.25, -0.2) is 5.84 Å². The van der Waals surface area contributed by atoms with Gasteiger partial charge in [0.05, 0.1) is 0 Å². The van der Waals surface area contributed by atoms with Crippen LogP contribution >= 0.6 is 12.2 Å². The van der Waals surface area contributed by atoms with E-state index in [1.54, 1.807) is 0 Å². The average molecular weight is 710 g/mol. The second kappa shape index (κ2) is 18.4. The zero-order valence-electron chi connectivity index (χ0n) is 27.1. The zero-order valence-corrected chi connectivity index (χ0v) is 27.9. The van der Waals surface area contributed by atoms with Gasteiger partial charge < -0.3 is 58.1 Å². The van der Waals surface area contributed by atoms with Crippen LogP contribution in [0, 0.1) is 0 Å². The summed E-state index contributed by atoms with van der Waals surface area (Å²) in [5.74, 6) is -0.560. The summed E-state index contributed by atoms with van der Waals surface area (Å²) in [6.45, 7) is 6.26. The molecule has 10 atom stereocenters. The Morgan fingerprint density at radius 2 is 0.958 bits per heavy atom. The van der Waals surface area contributed by atoms with Gasteiger partial charge >= 0.3 is 41.8 Å². The third-order valence-corrected chi connectivity index (χ3v) is 6.57. The fourth-order valence-electron chi connectivity index (χ4n) is 4.80. The largest absolute Gasteiger partial charge is 0.463 e. The van der Waals surface area contributed by atoms with Crippen LogP contribution in [0.25, 0.3) is 0 Å². The Labute approximate surface area is 279 Å². The molecular formula is C27H39N3O17S. The summed E-state index contributed by atoms with van der Waals surface area (Å²) in [6, 6.07) is 0. The normalized spacial score (nSPS) is 29.6. The van der Waals surface area contributed by atoms with Crippen LogP contribution in [-0.4, -0.2) is 121 Å². The molecule has 2 aliphatic heterocycles. The number of carbonyl (C=O) groups excluding carboxylic acids is 7. The summed E-state index contributed by atoms with van der Waals surface area (Å²) in [5.41, 5.74) is 2.16. The molecule has 48 heavy (non-hydrogen) atoms. The molecule has 2 aliphatic rings. The standard InChI is InChI=1S/C27H39N3O17S/c1-10(31)38-8-17-20(21(41-13(4)34)23(43-15(6)36)25(45-17)29-27(48)30-28)47-26-24(44-16(7)37)22(42-14(5)35)19(40-12(3)33)18(46-26)9-39-11(2)32/h17-26H,8-9,28H2,1-7H3,(H2,29,30,48)/t17-,18-,19+,20-,21+,22+,23-,24-,25-,26+/m1/s1. The first-order valence-electron chi connectivity index (χ1n) is 14.3. The average Bonchev–Trinajstić information content (AvgIpc) is 2.95. The Balaban J connectivity index is 2.74. The number of hydrogen-bond donors (Lipinski definition) is 3. The van der Waals surface area contributed by atoms with Crippen LogP contribution in [0.1, 0.15) is 48.5 Å². The second-order valence-electron chi connectivity index (χ2n) is 10.3. The molecule has 0 aliphatic carbocycles. The van der Waals surface area contributed by atoms with E-state index in [1.165, 1.54) is 0 Å². The first-order chi connectivity index (χ1) is 22.4. The number of thiocarbonyl (C=S) groups is 1. The predicted octanol–water partition coefficient (Wildman–Crippen LogP) is -2.06. The SMILES string of the molecule is CC(=O)OC[C@H]1O[C@@H](O[C@H]2[C@H](OC(C)=O)[C@@H](OC(C)=O)[C@H](NC(=S)NN)O[C@@H]2COC(C)=O)[C@H](OC(C)=O)[C@@H](OC(C)=O)[C@H]1OC(C)=O. The van der Waals surface area contributed by atoms with Gasteiger partial charge in [0.1, 0.15) is 31.5 Å². The van der Waals surface area contributed by atoms with E-state index in [0.29, 0.717) is 0 Å². The fourth-order valence-corrected chi connectivity index (χ4v) is 4.92. The number of hydrazine groups is 1. The number of carbonyl (C=O) groups is 7. The number of rotatable bonds is 12. The van der Waals surface area contributed by atoms with E-state index < -0.39 is 116 Å². The molecule has 21 heteroatoms. The predicted molar refractivity (Wildman–Crippen MR) is 156 cm³/mol. The molecule has 0 amide bonds. The molecule has 2 fully saturated rings. The zero-order chi connectivity index (χ0) is 36.3. The van der Waals surface area contributed by atoms with Crippen molar-refractivity contribution in [2.24, 2.45) is 5.84 Å². The molecule has 20 nitrogen and oxygen atoms in total. The van der Waals surface area contributed by atoms with Gasteiger partial charge in [-0.3, -0.25) is 33.6 Å². The van der Waals surface area contributed by atoms with E-state index >= 15 is 0 Å². The van der Waals surface area contributed by atoms with Crippen LogP contribution in [0.15, 0.2) is 0 Å². The highest BCUT2D eigenvalue weighted by molar-refractivity contribution is 7.80. The van der Waals surface area contributed by atoms with E-state index in [4.69, 9.17) is 65.4 Å². The third kappa shape index (κ3) is 12.1. The number of esters is 7. The van der Waals surface area contributed by atoms with Gasteiger partial charge in [-0.2, -0.15) is 0 Å². The molecule has 4 N–H and O–H groups in total. The molecule has 2 heterocycles. The van der Waals surface area contributed by atoms with Crippen molar-refractivity contribution in [1.82, 2.24) is 10.7 Å². The molecule has 2 rings (SSSR count). The van der Waals surface area contributed by atoms with Gasteiger partial charge in [0.2, 0.25) is 0 Å². The molecule has 0 radical (unpaired) electrons. The highest BCUT2D eigenvalue weighted by Gasteiger charge is 2.57. The second-order valence-corrected chi connectivity index (χ2v) is 10.7. The molecule has 0 aromatic carbocycles. The molecule has 0 aromatic heterocycles. The van der Waals surface area contributed by atoms with Crippen molar-refractivity contribution >= 4 is 59.1 Å². The minimum absolute atomic E-state index is 0.191. The third-order valence-electron chi connectivity index (χ3n) is 6.33. The maximum Gasteiger partial charge on any atom is 0.303 e. The van der Waals surface area contributed by atoms with E-state index in [1.807, 2.05) is 0 Å². The van der Waals surface area contributed by atoms with Crippen molar-refractivity contribution in [3.8, 4) is 0 Å². The van der Waals surface area contributed by atoms with Crippen LogP contribution in [0.4, 0.5) is 0 Å². The molecule has 2 saturated heterocycles. The lowest BCUT2D eigenvalue weighted by Gasteiger charge is -2.49. The Hall–Kier alpha value is -4.18. The highest BCUT2D eigenvalue weighted by atomic mass is 32.1. The highest BCUT2D eigenvalue weighted by Crippen LogP contribution is 2.35. The number of nitrogens with two attached hydrogens (primary N) is 1. The lowest BCUT2D eigenvalue weighted by atomic mass is 9.95. The van der Waals surface area contributed by atoms with Crippen molar-refractivity contribution in [2.45, 2.75) is 110 Å². The van der Waals surface area contributed by atoms with Crippen LogP contribution in [0.3, 0.4) is 0 Å². The summed E-state index contributed by atoms with van der Waals surface area (Å²) in [7, 11) is 0. The first kappa shape index (κ1) is 40.0. The van der Waals surface area contributed by atoms with E-state index in [9.17, 15) is 33.6 Å². The van der Waals surface area contributed by atoms with Gasteiger partial charge in [-0.15, -0.1) is 0 Å². The van der Waals surface area contributed by atoms with E-state index in [2.05, 4.69) is 10.7 Å². The van der Waals surface area contributed by atoms with Crippen LogP contribution in [0.5, 0.6) is 0 Å². The van der Waals surface area contributed by atoms with Gasteiger partial charge in [0.15, 0.2) is 48.2 Å². The van der Waals surface area contributed by atoms with Crippen LogP contribution in [-0.2, 0) is 80.9 Å². The number of hydrogen-bond acceptors (Lipinski definition) is 19. The minimum atomic E-state index is -1.80. The fraction of sp³-hybridized carbons (Fsp3) is 0.704. The first-order valence-corrected chi connectivity index (χ1v) is 14.7. The quantitative estimate of drug-likeness (QED) is 0.0647. The number of nitrogens with one attached hydrogen (secondary N) is 2. The molecule has 270 valence electrons. The summed E-state index contributed by atoms with van der Waals surface area (Å²) < 4.78 is 55.7. The van der Waals surface area contributed by atoms with Gasteiger partial charge in [0.25, 0.3) is 0 Å². The Bertz CT molecular complexity index is 1230. The van der Waals surface area contributed by atoms with Crippen molar-refractivity contribution in [1.29, 1.82) is 0 Å². The van der Waals surface area contributed by atoms with Gasteiger partial charge in [-0.1, -0.05) is 0 Å². The summed E-state index contributed by atoms with van der Waals surface area (Å²) in [4.78, 5) is 84.8. The number of ether oxygens (including phenoxy) is 10. The van der Waals surface area contributed by atoms with Crippen molar-refractivity contribution in [3.05, 3.63) is 0 Å².